The number of nitrogens with zero attached hydrogens (tertiary/aromatic N) is 3. The molecule has 0 aromatic heterocycles. The Labute approximate surface area is 115 Å². The first-order chi connectivity index (χ1) is 9.26. The van der Waals surface area contributed by atoms with Crippen molar-refractivity contribution in [2.24, 2.45) is 5.92 Å². The molecule has 1 saturated carbocycles. The van der Waals surface area contributed by atoms with Crippen molar-refractivity contribution in [3.8, 4) is 6.07 Å². The maximum Gasteiger partial charge on any atom is 0.0994 e. The molecular formula is C16H21N3. The van der Waals surface area contributed by atoms with Crippen LogP contribution >= 0.6 is 0 Å². The Bertz CT molecular complexity index is 491. The van der Waals surface area contributed by atoms with Gasteiger partial charge in [-0.3, -0.25) is 4.90 Å². The number of aryl methyl sites for hydroxylation is 1. The molecule has 19 heavy (non-hydrogen) atoms. The van der Waals surface area contributed by atoms with Crippen LogP contribution in [0.3, 0.4) is 0 Å². The van der Waals surface area contributed by atoms with E-state index in [1.54, 1.807) is 0 Å². The van der Waals surface area contributed by atoms with Gasteiger partial charge in [-0.15, -0.1) is 0 Å². The van der Waals surface area contributed by atoms with Gasteiger partial charge in [0.15, 0.2) is 0 Å². The predicted molar refractivity (Wildman–Crippen MR) is 77.3 cm³/mol. The molecule has 0 spiro atoms. The molecule has 1 aromatic rings. The quantitative estimate of drug-likeness (QED) is 0.831. The van der Waals surface area contributed by atoms with Crippen LogP contribution in [-0.4, -0.2) is 37.6 Å². The highest BCUT2D eigenvalue weighted by Crippen LogP contribution is 2.30. The highest BCUT2D eigenvalue weighted by Gasteiger charge is 2.26. The Morgan fingerprint density at radius 1 is 1.21 bits per heavy atom. The fourth-order valence-electron chi connectivity index (χ4n) is 2.82. The van der Waals surface area contributed by atoms with E-state index in [1.807, 2.05) is 13.0 Å². The maximum atomic E-state index is 8.97. The van der Waals surface area contributed by atoms with Crippen molar-refractivity contribution in [1.29, 1.82) is 5.26 Å². The zero-order valence-electron chi connectivity index (χ0n) is 11.6. The van der Waals surface area contributed by atoms with E-state index in [4.69, 9.17) is 5.26 Å². The zero-order valence-corrected chi connectivity index (χ0v) is 11.6. The normalized spacial score (nSPS) is 20.3. The highest BCUT2D eigenvalue weighted by atomic mass is 15.3. The molecule has 1 aliphatic heterocycles. The largest absolute Gasteiger partial charge is 0.369 e. The van der Waals surface area contributed by atoms with E-state index in [-0.39, 0.29) is 0 Å². The second-order valence-corrected chi connectivity index (χ2v) is 5.84. The van der Waals surface area contributed by atoms with Gasteiger partial charge in [0, 0.05) is 38.4 Å². The molecular weight excluding hydrogens is 234 g/mol. The summed E-state index contributed by atoms with van der Waals surface area (Å²) in [6, 6.07) is 8.41. The fourth-order valence-corrected chi connectivity index (χ4v) is 2.82. The number of hydrogen-bond acceptors (Lipinski definition) is 3. The summed E-state index contributed by atoms with van der Waals surface area (Å²) in [7, 11) is 0. The van der Waals surface area contributed by atoms with Crippen molar-refractivity contribution in [3.63, 3.8) is 0 Å². The van der Waals surface area contributed by atoms with E-state index in [2.05, 4.69) is 28.0 Å². The van der Waals surface area contributed by atoms with Crippen LogP contribution in [0.2, 0.25) is 0 Å². The molecule has 0 unspecified atom stereocenters. The van der Waals surface area contributed by atoms with Crippen LogP contribution in [0.5, 0.6) is 0 Å². The second-order valence-electron chi connectivity index (χ2n) is 5.84. The Hall–Kier alpha value is -1.53. The van der Waals surface area contributed by atoms with Crippen LogP contribution < -0.4 is 4.90 Å². The van der Waals surface area contributed by atoms with Gasteiger partial charge in [0.2, 0.25) is 0 Å². The third-order valence-electron chi connectivity index (χ3n) is 4.28. The lowest BCUT2D eigenvalue weighted by Gasteiger charge is -2.36. The number of hydrogen-bond donors (Lipinski definition) is 0. The maximum absolute atomic E-state index is 8.97. The number of anilines is 1. The van der Waals surface area contributed by atoms with Gasteiger partial charge in [0.05, 0.1) is 11.6 Å². The van der Waals surface area contributed by atoms with E-state index >= 15 is 0 Å². The van der Waals surface area contributed by atoms with Crippen molar-refractivity contribution < 1.29 is 0 Å². The Kier molecular flexibility index (Phi) is 3.44. The molecule has 0 radical (unpaired) electrons. The summed E-state index contributed by atoms with van der Waals surface area (Å²) in [5, 5.41) is 8.97. The van der Waals surface area contributed by atoms with Crippen molar-refractivity contribution >= 4 is 5.69 Å². The smallest absolute Gasteiger partial charge is 0.0994 e. The molecule has 3 heteroatoms. The first kappa shape index (κ1) is 12.5. The van der Waals surface area contributed by atoms with E-state index in [1.165, 1.54) is 38.2 Å². The van der Waals surface area contributed by atoms with Crippen LogP contribution in [0.25, 0.3) is 0 Å². The molecule has 3 rings (SSSR count). The van der Waals surface area contributed by atoms with E-state index in [0.717, 1.165) is 30.1 Å². The van der Waals surface area contributed by atoms with Gasteiger partial charge in [-0.2, -0.15) is 5.26 Å². The predicted octanol–water partition coefficient (Wildman–Crippen LogP) is 2.40. The van der Waals surface area contributed by atoms with Gasteiger partial charge in [0.1, 0.15) is 0 Å². The van der Waals surface area contributed by atoms with Crippen molar-refractivity contribution in [1.82, 2.24) is 4.90 Å². The molecule has 0 atom stereocenters. The SMILES string of the molecule is Cc1cc(N2CCN(CC3CC3)CC2)ccc1C#N. The molecule has 100 valence electrons. The number of benzene rings is 1. The number of nitriles is 1. The Balaban J connectivity index is 1.61. The van der Waals surface area contributed by atoms with Crippen LogP contribution in [0, 0.1) is 24.2 Å². The van der Waals surface area contributed by atoms with Gasteiger partial charge >= 0.3 is 0 Å². The highest BCUT2D eigenvalue weighted by molar-refractivity contribution is 5.53. The van der Waals surface area contributed by atoms with E-state index < -0.39 is 0 Å². The summed E-state index contributed by atoms with van der Waals surface area (Å²) in [5.41, 5.74) is 3.14. The van der Waals surface area contributed by atoms with E-state index in [0.29, 0.717) is 0 Å². The zero-order chi connectivity index (χ0) is 13.2. The number of rotatable bonds is 3. The van der Waals surface area contributed by atoms with Gasteiger partial charge in [-0.25, -0.2) is 0 Å². The summed E-state index contributed by atoms with van der Waals surface area (Å²) in [6.07, 6.45) is 2.88. The molecule has 1 aliphatic carbocycles. The summed E-state index contributed by atoms with van der Waals surface area (Å²) < 4.78 is 0. The Morgan fingerprint density at radius 2 is 1.95 bits per heavy atom. The molecule has 0 N–H and O–H groups in total. The van der Waals surface area contributed by atoms with Gasteiger partial charge in [-0.05, 0) is 49.4 Å². The third kappa shape index (κ3) is 2.90. The van der Waals surface area contributed by atoms with Crippen LogP contribution in [0.15, 0.2) is 18.2 Å². The molecule has 2 fully saturated rings. The van der Waals surface area contributed by atoms with Gasteiger partial charge in [-0.1, -0.05) is 0 Å². The lowest BCUT2D eigenvalue weighted by molar-refractivity contribution is 0.248. The van der Waals surface area contributed by atoms with Crippen LogP contribution in [-0.2, 0) is 0 Å². The molecule has 1 heterocycles. The minimum Gasteiger partial charge on any atom is -0.369 e. The summed E-state index contributed by atoms with van der Waals surface area (Å²) in [4.78, 5) is 5.04. The minimum atomic E-state index is 0.788. The van der Waals surface area contributed by atoms with E-state index in [9.17, 15) is 0 Å². The lowest BCUT2D eigenvalue weighted by atomic mass is 10.1. The molecule has 0 bridgehead atoms. The van der Waals surface area contributed by atoms with Crippen LogP contribution in [0.4, 0.5) is 5.69 Å². The van der Waals surface area contributed by atoms with Crippen LogP contribution in [0.1, 0.15) is 24.0 Å². The van der Waals surface area contributed by atoms with Gasteiger partial charge in [0.25, 0.3) is 0 Å². The average Bonchev–Trinajstić information content (AvgIpc) is 3.23. The third-order valence-corrected chi connectivity index (χ3v) is 4.28. The first-order valence-electron chi connectivity index (χ1n) is 7.24. The van der Waals surface area contributed by atoms with Crippen molar-refractivity contribution in [2.75, 3.05) is 37.6 Å². The Morgan fingerprint density at radius 3 is 2.53 bits per heavy atom. The summed E-state index contributed by atoms with van der Waals surface area (Å²) >= 11 is 0. The average molecular weight is 255 g/mol. The monoisotopic (exact) mass is 255 g/mol. The molecule has 0 amide bonds. The standard InChI is InChI=1S/C16H21N3/c1-13-10-16(5-4-15(13)11-17)19-8-6-18(7-9-19)12-14-2-3-14/h4-5,10,14H,2-3,6-9,12H2,1H3. The molecule has 1 saturated heterocycles. The summed E-state index contributed by atoms with van der Waals surface area (Å²) in [6.45, 7) is 7.90. The lowest BCUT2D eigenvalue weighted by Crippen LogP contribution is -2.47. The fraction of sp³-hybridized carbons (Fsp3) is 0.562. The van der Waals surface area contributed by atoms with Crippen molar-refractivity contribution in [2.45, 2.75) is 19.8 Å². The molecule has 3 nitrogen and oxygen atoms in total. The first-order valence-corrected chi connectivity index (χ1v) is 7.24. The molecule has 2 aliphatic rings. The van der Waals surface area contributed by atoms with Crippen molar-refractivity contribution in [3.05, 3.63) is 29.3 Å². The minimum absolute atomic E-state index is 0.788. The van der Waals surface area contributed by atoms with Gasteiger partial charge < -0.3 is 4.90 Å². The second kappa shape index (κ2) is 5.22. The topological polar surface area (TPSA) is 30.3 Å². The number of piperazine rings is 1. The molecule has 1 aromatic carbocycles. The summed E-state index contributed by atoms with van der Waals surface area (Å²) in [5.74, 6) is 0.990.